The molecule has 4 nitrogen and oxygen atoms in total. The molecule has 2 rings (SSSR count). The minimum atomic E-state index is 0.137. The molecule has 1 aromatic heterocycles. The van der Waals surface area contributed by atoms with E-state index in [4.69, 9.17) is 0 Å². The number of amides is 1. The van der Waals surface area contributed by atoms with Crippen LogP contribution in [0.25, 0.3) is 0 Å². The van der Waals surface area contributed by atoms with E-state index in [2.05, 4.69) is 28.0 Å². The average Bonchev–Trinajstić information content (AvgIpc) is 2.89. The van der Waals surface area contributed by atoms with Gasteiger partial charge in [0.15, 0.2) is 0 Å². The van der Waals surface area contributed by atoms with Crippen molar-refractivity contribution < 1.29 is 4.79 Å². The lowest BCUT2D eigenvalue weighted by atomic mass is 10.0. The fourth-order valence-electron chi connectivity index (χ4n) is 2.63. The zero-order chi connectivity index (χ0) is 13.8. The maximum atomic E-state index is 12.7. The Morgan fingerprint density at radius 3 is 2.89 bits per heavy atom. The van der Waals surface area contributed by atoms with E-state index in [-0.39, 0.29) is 5.91 Å². The lowest BCUT2D eigenvalue weighted by Gasteiger charge is -2.34. The van der Waals surface area contributed by atoms with Gasteiger partial charge in [0.25, 0.3) is 5.91 Å². The van der Waals surface area contributed by atoms with Crippen molar-refractivity contribution in [2.45, 2.75) is 52.1 Å². The van der Waals surface area contributed by atoms with Crippen molar-refractivity contribution in [3.05, 3.63) is 17.5 Å². The Morgan fingerprint density at radius 1 is 1.47 bits per heavy atom. The molecule has 1 saturated heterocycles. The Morgan fingerprint density at radius 2 is 2.26 bits per heavy atom. The first-order valence-electron chi connectivity index (χ1n) is 7.14. The summed E-state index contributed by atoms with van der Waals surface area (Å²) in [5.74, 6) is 0.137. The first-order valence-corrected chi connectivity index (χ1v) is 8.27. The maximum Gasteiger partial charge on any atom is 0.272 e. The van der Waals surface area contributed by atoms with Gasteiger partial charge in [-0.3, -0.25) is 9.48 Å². The number of likely N-dealkylation sites (tertiary alicyclic amines) is 1. The summed E-state index contributed by atoms with van der Waals surface area (Å²) >= 11 is 3.53. The highest BCUT2D eigenvalue weighted by atomic mass is 79.9. The standard InChI is InChI=1S/C14H22BrN3O/c1-3-11-9-13(18(4-2)16-11)14(19)17-8-6-5-7-12(17)10-15/h9,12H,3-8,10H2,1-2H3. The van der Waals surface area contributed by atoms with Gasteiger partial charge in [0.2, 0.25) is 0 Å². The van der Waals surface area contributed by atoms with Crippen LogP contribution in [0.4, 0.5) is 0 Å². The number of alkyl halides is 1. The number of nitrogens with zero attached hydrogens (tertiary/aromatic N) is 3. The molecule has 106 valence electrons. The topological polar surface area (TPSA) is 38.1 Å². The van der Waals surface area contributed by atoms with Crippen molar-refractivity contribution in [1.29, 1.82) is 0 Å². The molecule has 19 heavy (non-hydrogen) atoms. The van der Waals surface area contributed by atoms with Gasteiger partial charge < -0.3 is 4.90 Å². The third-order valence-corrected chi connectivity index (χ3v) is 4.52. The number of hydrogen-bond acceptors (Lipinski definition) is 2. The summed E-state index contributed by atoms with van der Waals surface area (Å²) in [5, 5.41) is 5.33. The smallest absolute Gasteiger partial charge is 0.272 e. The van der Waals surface area contributed by atoms with Gasteiger partial charge in [-0.1, -0.05) is 22.9 Å². The average molecular weight is 328 g/mol. The van der Waals surface area contributed by atoms with E-state index in [1.165, 1.54) is 6.42 Å². The van der Waals surface area contributed by atoms with Gasteiger partial charge >= 0.3 is 0 Å². The second kappa shape index (κ2) is 6.55. The van der Waals surface area contributed by atoms with E-state index in [1.807, 2.05) is 22.6 Å². The highest BCUT2D eigenvalue weighted by Gasteiger charge is 2.28. The van der Waals surface area contributed by atoms with Crippen LogP contribution in [0.5, 0.6) is 0 Å². The summed E-state index contributed by atoms with van der Waals surface area (Å²) in [5.41, 5.74) is 1.74. The lowest BCUT2D eigenvalue weighted by Crippen LogP contribution is -2.45. The van der Waals surface area contributed by atoms with Crippen LogP contribution >= 0.6 is 15.9 Å². The zero-order valence-electron chi connectivity index (χ0n) is 11.7. The van der Waals surface area contributed by atoms with Crippen molar-refractivity contribution in [2.24, 2.45) is 0 Å². The van der Waals surface area contributed by atoms with Gasteiger partial charge in [0.1, 0.15) is 5.69 Å². The summed E-state index contributed by atoms with van der Waals surface area (Å²) in [6.07, 6.45) is 4.29. The van der Waals surface area contributed by atoms with Gasteiger partial charge in [0, 0.05) is 24.5 Å². The quantitative estimate of drug-likeness (QED) is 0.797. The largest absolute Gasteiger partial charge is 0.334 e. The Labute approximate surface area is 123 Å². The van der Waals surface area contributed by atoms with Crippen LogP contribution in [0.1, 0.15) is 49.3 Å². The molecule has 1 fully saturated rings. The molecule has 5 heteroatoms. The van der Waals surface area contributed by atoms with Gasteiger partial charge in [-0.05, 0) is 38.7 Å². The summed E-state index contributed by atoms with van der Waals surface area (Å²) in [6.45, 7) is 5.71. The van der Waals surface area contributed by atoms with Crippen LogP contribution in [0.15, 0.2) is 6.07 Å². The van der Waals surface area contributed by atoms with E-state index in [0.29, 0.717) is 6.04 Å². The predicted octanol–water partition coefficient (Wildman–Crippen LogP) is 2.86. The lowest BCUT2D eigenvalue weighted by molar-refractivity contribution is 0.0629. The summed E-state index contributed by atoms with van der Waals surface area (Å²) in [6, 6.07) is 2.28. The molecule has 0 aliphatic carbocycles. The first kappa shape index (κ1) is 14.6. The Bertz CT molecular complexity index is 444. The molecule has 1 aromatic rings. The number of piperidine rings is 1. The number of aromatic nitrogens is 2. The number of carbonyl (C=O) groups is 1. The van der Waals surface area contributed by atoms with Crippen molar-refractivity contribution in [3.8, 4) is 0 Å². The van der Waals surface area contributed by atoms with Gasteiger partial charge in [0.05, 0.1) is 5.69 Å². The Kier molecular flexibility index (Phi) is 5.02. The van der Waals surface area contributed by atoms with Gasteiger partial charge in [-0.15, -0.1) is 0 Å². The molecule has 0 saturated carbocycles. The molecule has 1 aliphatic rings. The SMILES string of the molecule is CCc1cc(C(=O)N2CCCCC2CBr)n(CC)n1. The summed E-state index contributed by atoms with van der Waals surface area (Å²) < 4.78 is 1.83. The van der Waals surface area contributed by atoms with Crippen LogP contribution < -0.4 is 0 Å². The van der Waals surface area contributed by atoms with Crippen LogP contribution in [0.3, 0.4) is 0 Å². The molecule has 0 radical (unpaired) electrons. The van der Waals surface area contributed by atoms with Crippen LogP contribution in [-0.4, -0.2) is 38.5 Å². The van der Waals surface area contributed by atoms with Crippen LogP contribution in [-0.2, 0) is 13.0 Å². The highest BCUT2D eigenvalue weighted by Crippen LogP contribution is 2.21. The highest BCUT2D eigenvalue weighted by molar-refractivity contribution is 9.09. The van der Waals surface area contributed by atoms with Crippen molar-refractivity contribution in [3.63, 3.8) is 0 Å². The summed E-state index contributed by atoms with van der Waals surface area (Å²) in [7, 11) is 0. The number of halogens is 1. The number of aryl methyl sites for hydroxylation is 2. The monoisotopic (exact) mass is 327 g/mol. The van der Waals surface area contributed by atoms with E-state index >= 15 is 0 Å². The van der Waals surface area contributed by atoms with Crippen molar-refractivity contribution >= 4 is 21.8 Å². The van der Waals surface area contributed by atoms with E-state index in [1.54, 1.807) is 0 Å². The van der Waals surface area contributed by atoms with Gasteiger partial charge in [-0.2, -0.15) is 5.10 Å². The molecular formula is C14H22BrN3O. The third-order valence-electron chi connectivity index (χ3n) is 3.78. The predicted molar refractivity (Wildman–Crippen MR) is 79.7 cm³/mol. The molecule has 0 N–H and O–H groups in total. The third kappa shape index (κ3) is 3.02. The van der Waals surface area contributed by atoms with E-state index < -0.39 is 0 Å². The Balaban J connectivity index is 2.24. The molecule has 1 unspecified atom stereocenters. The van der Waals surface area contributed by atoms with Crippen molar-refractivity contribution in [1.82, 2.24) is 14.7 Å². The second-order valence-corrected chi connectivity index (χ2v) is 5.64. The summed E-state index contributed by atoms with van der Waals surface area (Å²) in [4.78, 5) is 14.7. The van der Waals surface area contributed by atoms with Crippen molar-refractivity contribution in [2.75, 3.05) is 11.9 Å². The Hall–Kier alpha value is -0.840. The number of carbonyl (C=O) groups excluding carboxylic acids is 1. The first-order chi connectivity index (χ1) is 9.21. The number of rotatable bonds is 4. The fraction of sp³-hybridized carbons (Fsp3) is 0.714. The molecule has 2 heterocycles. The molecule has 1 aliphatic heterocycles. The molecule has 1 amide bonds. The maximum absolute atomic E-state index is 12.7. The molecular weight excluding hydrogens is 306 g/mol. The zero-order valence-corrected chi connectivity index (χ0v) is 13.3. The second-order valence-electron chi connectivity index (χ2n) is 4.99. The minimum absolute atomic E-state index is 0.137. The van der Waals surface area contributed by atoms with Crippen LogP contribution in [0.2, 0.25) is 0 Å². The number of hydrogen-bond donors (Lipinski definition) is 0. The normalized spacial score (nSPS) is 19.7. The fourth-order valence-corrected chi connectivity index (χ4v) is 3.30. The molecule has 1 atom stereocenters. The molecule has 0 aromatic carbocycles. The van der Waals surface area contributed by atoms with E-state index in [0.717, 1.165) is 49.1 Å². The van der Waals surface area contributed by atoms with Crippen LogP contribution in [0, 0.1) is 0 Å². The molecule has 0 spiro atoms. The van der Waals surface area contributed by atoms with Gasteiger partial charge in [-0.25, -0.2) is 0 Å². The minimum Gasteiger partial charge on any atom is -0.334 e. The van der Waals surface area contributed by atoms with E-state index in [9.17, 15) is 4.79 Å². The molecule has 0 bridgehead atoms.